The lowest BCUT2D eigenvalue weighted by Gasteiger charge is -2.10. The normalized spacial score (nSPS) is 10.2. The molecule has 1 heterocycles. The fourth-order valence-electron chi connectivity index (χ4n) is 1.78. The molecule has 6 nitrogen and oxygen atoms in total. The largest absolute Gasteiger partial charge is 0.497 e. The summed E-state index contributed by atoms with van der Waals surface area (Å²) < 4.78 is 11.9. The van der Waals surface area contributed by atoms with E-state index in [2.05, 4.69) is 10.4 Å². The number of nitrogens with one attached hydrogen (secondary N) is 1. The predicted octanol–water partition coefficient (Wildman–Crippen LogP) is 1.85. The Labute approximate surface area is 117 Å². The van der Waals surface area contributed by atoms with E-state index in [4.69, 9.17) is 9.47 Å². The van der Waals surface area contributed by atoms with E-state index < -0.39 is 0 Å². The summed E-state index contributed by atoms with van der Waals surface area (Å²) in [6.07, 6.45) is 3.52. The number of anilines is 1. The van der Waals surface area contributed by atoms with Crippen LogP contribution in [0.25, 0.3) is 0 Å². The number of methoxy groups -OCH3 is 2. The number of amides is 1. The van der Waals surface area contributed by atoms with Gasteiger partial charge in [0.1, 0.15) is 18.0 Å². The Morgan fingerprint density at radius 2 is 1.90 bits per heavy atom. The quantitative estimate of drug-likeness (QED) is 0.904. The molecule has 0 spiro atoms. The summed E-state index contributed by atoms with van der Waals surface area (Å²) in [6, 6.07) is 5.20. The van der Waals surface area contributed by atoms with Gasteiger partial charge in [-0.25, -0.2) is 0 Å². The van der Waals surface area contributed by atoms with E-state index in [0.29, 0.717) is 17.2 Å². The average Bonchev–Trinajstić information content (AvgIpc) is 2.83. The second-order valence-electron chi connectivity index (χ2n) is 4.36. The van der Waals surface area contributed by atoms with Crippen LogP contribution in [0.2, 0.25) is 0 Å². The number of carbonyl (C=O) groups is 1. The predicted molar refractivity (Wildman–Crippen MR) is 75.1 cm³/mol. The number of benzene rings is 1. The molecule has 0 fully saturated rings. The molecule has 0 aliphatic rings. The number of ether oxygens (including phenoxy) is 2. The monoisotopic (exact) mass is 275 g/mol. The molecule has 0 atom stereocenters. The summed E-state index contributed by atoms with van der Waals surface area (Å²) in [5.74, 6) is 1.08. The summed E-state index contributed by atoms with van der Waals surface area (Å²) in [6.45, 7) is 2.09. The highest BCUT2D eigenvalue weighted by Gasteiger charge is 2.07. The van der Waals surface area contributed by atoms with Crippen LogP contribution in [0.1, 0.15) is 5.56 Å². The van der Waals surface area contributed by atoms with E-state index in [-0.39, 0.29) is 12.5 Å². The van der Waals surface area contributed by atoms with Gasteiger partial charge in [-0.1, -0.05) is 0 Å². The first-order chi connectivity index (χ1) is 9.60. The molecule has 0 saturated heterocycles. The van der Waals surface area contributed by atoms with E-state index in [0.717, 1.165) is 5.56 Å². The van der Waals surface area contributed by atoms with Crippen molar-refractivity contribution in [2.75, 3.05) is 19.5 Å². The van der Waals surface area contributed by atoms with Crippen molar-refractivity contribution in [2.45, 2.75) is 13.5 Å². The second kappa shape index (κ2) is 6.10. The third kappa shape index (κ3) is 3.50. The van der Waals surface area contributed by atoms with Crippen molar-refractivity contribution in [3.05, 3.63) is 36.2 Å². The topological polar surface area (TPSA) is 65.4 Å². The molecular weight excluding hydrogens is 258 g/mol. The van der Waals surface area contributed by atoms with Crippen LogP contribution in [-0.4, -0.2) is 29.9 Å². The molecule has 0 aliphatic heterocycles. The summed E-state index contributed by atoms with van der Waals surface area (Å²) in [5, 5.41) is 6.86. The molecule has 0 radical (unpaired) electrons. The van der Waals surface area contributed by atoms with Crippen LogP contribution in [0.5, 0.6) is 11.5 Å². The molecule has 0 aliphatic carbocycles. The third-order valence-electron chi connectivity index (χ3n) is 2.70. The van der Waals surface area contributed by atoms with Gasteiger partial charge in [0.2, 0.25) is 5.91 Å². The van der Waals surface area contributed by atoms with E-state index in [1.807, 2.05) is 13.1 Å². The van der Waals surface area contributed by atoms with Gasteiger partial charge < -0.3 is 14.8 Å². The van der Waals surface area contributed by atoms with Gasteiger partial charge in [-0.3, -0.25) is 9.48 Å². The lowest BCUT2D eigenvalue weighted by molar-refractivity contribution is -0.116. The van der Waals surface area contributed by atoms with Crippen LogP contribution in [-0.2, 0) is 11.3 Å². The van der Waals surface area contributed by atoms with E-state index >= 15 is 0 Å². The van der Waals surface area contributed by atoms with Crippen molar-refractivity contribution in [3.63, 3.8) is 0 Å². The van der Waals surface area contributed by atoms with Crippen molar-refractivity contribution in [2.24, 2.45) is 0 Å². The van der Waals surface area contributed by atoms with Gasteiger partial charge >= 0.3 is 0 Å². The zero-order valence-electron chi connectivity index (χ0n) is 11.7. The SMILES string of the molecule is COc1cc(NC(=O)Cn2cc(C)cn2)cc(OC)c1. The van der Waals surface area contributed by atoms with Gasteiger partial charge in [0, 0.05) is 30.1 Å². The van der Waals surface area contributed by atoms with Gasteiger partial charge in [0.05, 0.1) is 20.4 Å². The van der Waals surface area contributed by atoms with Gasteiger partial charge in [-0.2, -0.15) is 5.10 Å². The Hall–Kier alpha value is -2.50. The average molecular weight is 275 g/mol. The minimum atomic E-state index is -0.164. The zero-order chi connectivity index (χ0) is 14.5. The molecule has 2 rings (SSSR count). The Bertz CT molecular complexity index is 585. The highest BCUT2D eigenvalue weighted by atomic mass is 16.5. The van der Waals surface area contributed by atoms with Crippen molar-refractivity contribution in [1.29, 1.82) is 0 Å². The molecule has 1 aromatic carbocycles. The molecule has 1 amide bonds. The summed E-state index contributed by atoms with van der Waals surface area (Å²) in [4.78, 5) is 11.9. The number of hydrogen-bond donors (Lipinski definition) is 1. The maximum Gasteiger partial charge on any atom is 0.246 e. The molecule has 0 saturated carbocycles. The van der Waals surface area contributed by atoms with Gasteiger partial charge in [-0.15, -0.1) is 0 Å². The van der Waals surface area contributed by atoms with Gasteiger partial charge in [0.15, 0.2) is 0 Å². The molecular formula is C14H17N3O3. The van der Waals surface area contributed by atoms with Crippen LogP contribution >= 0.6 is 0 Å². The van der Waals surface area contributed by atoms with Crippen LogP contribution < -0.4 is 14.8 Å². The first-order valence-electron chi connectivity index (χ1n) is 6.12. The smallest absolute Gasteiger partial charge is 0.246 e. The van der Waals surface area contributed by atoms with Crippen molar-refractivity contribution >= 4 is 11.6 Å². The first-order valence-corrected chi connectivity index (χ1v) is 6.12. The number of hydrogen-bond acceptors (Lipinski definition) is 4. The minimum Gasteiger partial charge on any atom is -0.497 e. The molecule has 1 N–H and O–H groups in total. The fraction of sp³-hybridized carbons (Fsp3) is 0.286. The number of nitrogens with zero attached hydrogens (tertiary/aromatic N) is 2. The summed E-state index contributed by atoms with van der Waals surface area (Å²) in [5.41, 5.74) is 1.64. The van der Waals surface area contributed by atoms with Crippen LogP contribution in [0.4, 0.5) is 5.69 Å². The van der Waals surface area contributed by atoms with Crippen molar-refractivity contribution < 1.29 is 14.3 Å². The maximum absolute atomic E-state index is 11.9. The molecule has 2 aromatic rings. The van der Waals surface area contributed by atoms with Crippen molar-refractivity contribution in [3.8, 4) is 11.5 Å². The standard InChI is InChI=1S/C14H17N3O3/c1-10-7-15-17(8-10)9-14(18)16-11-4-12(19-2)6-13(5-11)20-3/h4-8H,9H2,1-3H3,(H,16,18). The molecule has 0 bridgehead atoms. The van der Waals surface area contributed by atoms with E-state index in [1.165, 1.54) is 0 Å². The Kier molecular flexibility index (Phi) is 4.24. The summed E-state index contributed by atoms with van der Waals surface area (Å²) >= 11 is 0. The molecule has 6 heteroatoms. The lowest BCUT2D eigenvalue weighted by atomic mass is 10.2. The Morgan fingerprint density at radius 1 is 1.25 bits per heavy atom. The maximum atomic E-state index is 11.9. The highest BCUT2D eigenvalue weighted by Crippen LogP contribution is 2.25. The fourth-order valence-corrected chi connectivity index (χ4v) is 1.78. The first kappa shape index (κ1) is 13.9. The van der Waals surface area contributed by atoms with E-state index in [1.54, 1.807) is 43.3 Å². The molecule has 106 valence electrons. The molecule has 20 heavy (non-hydrogen) atoms. The lowest BCUT2D eigenvalue weighted by Crippen LogP contribution is -2.19. The second-order valence-corrected chi connectivity index (χ2v) is 4.36. The van der Waals surface area contributed by atoms with Gasteiger partial charge in [-0.05, 0) is 12.5 Å². The minimum absolute atomic E-state index is 0.160. The Morgan fingerprint density at radius 3 is 2.40 bits per heavy atom. The number of aromatic nitrogens is 2. The highest BCUT2D eigenvalue weighted by molar-refractivity contribution is 5.91. The number of carbonyl (C=O) groups excluding carboxylic acids is 1. The van der Waals surface area contributed by atoms with Gasteiger partial charge in [0.25, 0.3) is 0 Å². The molecule has 1 aromatic heterocycles. The third-order valence-corrected chi connectivity index (χ3v) is 2.70. The summed E-state index contributed by atoms with van der Waals surface area (Å²) in [7, 11) is 3.12. The van der Waals surface area contributed by atoms with Crippen LogP contribution in [0.15, 0.2) is 30.6 Å². The van der Waals surface area contributed by atoms with Crippen LogP contribution in [0.3, 0.4) is 0 Å². The zero-order valence-corrected chi connectivity index (χ0v) is 11.7. The van der Waals surface area contributed by atoms with Crippen molar-refractivity contribution in [1.82, 2.24) is 9.78 Å². The Balaban J connectivity index is 2.07. The van der Waals surface area contributed by atoms with E-state index in [9.17, 15) is 4.79 Å². The number of rotatable bonds is 5. The van der Waals surface area contributed by atoms with Crippen LogP contribution in [0, 0.1) is 6.92 Å². The number of aryl methyl sites for hydroxylation is 1. The molecule has 0 unspecified atom stereocenters.